The molecule has 4 rings (SSSR count). The topological polar surface area (TPSA) is 64.3 Å². The summed E-state index contributed by atoms with van der Waals surface area (Å²) in [6.07, 6.45) is 3.28. The van der Waals surface area contributed by atoms with Crippen molar-refractivity contribution in [2.45, 2.75) is 37.8 Å². The van der Waals surface area contributed by atoms with Gasteiger partial charge in [-0.25, -0.2) is 0 Å². The van der Waals surface area contributed by atoms with E-state index in [1.54, 1.807) is 4.52 Å². The summed E-state index contributed by atoms with van der Waals surface area (Å²) in [6.45, 7) is 2.75. The molecule has 6 nitrogen and oxygen atoms in total. The average molecular weight is 305 g/mol. The van der Waals surface area contributed by atoms with Crippen molar-refractivity contribution >= 4 is 23.2 Å². The molecular weight excluding hydrogens is 286 g/mol. The van der Waals surface area contributed by atoms with Gasteiger partial charge in [0, 0.05) is 18.4 Å². The molecule has 21 heavy (non-hydrogen) atoms. The molecule has 0 saturated carbocycles. The number of thioether (sulfide) groups is 1. The first kappa shape index (κ1) is 13.3. The number of hydrogen-bond acceptors (Lipinski definition) is 6. The van der Waals surface area contributed by atoms with Crippen LogP contribution in [0.4, 0.5) is 5.82 Å². The average Bonchev–Trinajstić information content (AvgIpc) is 3.07. The van der Waals surface area contributed by atoms with Gasteiger partial charge in [-0.2, -0.15) is 16.3 Å². The Morgan fingerprint density at radius 2 is 2.38 bits per heavy atom. The van der Waals surface area contributed by atoms with Gasteiger partial charge in [0.05, 0.1) is 5.60 Å². The summed E-state index contributed by atoms with van der Waals surface area (Å²) >= 11 is 2.00. The van der Waals surface area contributed by atoms with Gasteiger partial charge >= 0.3 is 0 Å². The molecule has 1 spiro atoms. The highest BCUT2D eigenvalue weighted by Gasteiger charge is 2.40. The Balaban J connectivity index is 1.52. The molecular formula is C14H19N5OS. The van der Waals surface area contributed by atoms with Crippen LogP contribution in [0.2, 0.25) is 0 Å². The number of nitrogens with one attached hydrogen (secondary N) is 1. The van der Waals surface area contributed by atoms with Crippen LogP contribution in [0.15, 0.2) is 12.1 Å². The van der Waals surface area contributed by atoms with E-state index in [1.165, 1.54) is 12.2 Å². The zero-order valence-corrected chi connectivity index (χ0v) is 12.9. The van der Waals surface area contributed by atoms with Crippen LogP contribution in [0, 0.1) is 6.92 Å². The van der Waals surface area contributed by atoms with E-state index in [0.29, 0.717) is 6.04 Å². The Hall–Kier alpha value is -1.34. The summed E-state index contributed by atoms with van der Waals surface area (Å²) in [5, 5.41) is 16.2. The lowest BCUT2D eigenvalue weighted by Crippen LogP contribution is -2.44. The Labute approximate surface area is 127 Å². The van der Waals surface area contributed by atoms with Gasteiger partial charge < -0.3 is 10.1 Å². The zero-order chi connectivity index (χ0) is 14.3. The molecule has 2 atom stereocenters. The minimum absolute atomic E-state index is 0.0944. The minimum Gasteiger partial charge on any atom is -0.374 e. The summed E-state index contributed by atoms with van der Waals surface area (Å²) in [4.78, 5) is 0. The van der Waals surface area contributed by atoms with E-state index < -0.39 is 0 Å². The van der Waals surface area contributed by atoms with Crippen molar-refractivity contribution in [3.05, 3.63) is 18.0 Å². The standard InChI is InChI=1S/C14H19N5OS/c1-10-16-17-13-3-2-12(18-19(10)13)15-11-4-6-20-14(8-11)5-7-21-9-14/h2-3,11H,4-9H2,1H3,(H,15,18)/t11-,14+/m0/s1. The van der Waals surface area contributed by atoms with Gasteiger partial charge in [0.15, 0.2) is 11.5 Å². The van der Waals surface area contributed by atoms with Crippen molar-refractivity contribution in [2.75, 3.05) is 23.4 Å². The van der Waals surface area contributed by atoms with Crippen LogP contribution in [0.1, 0.15) is 25.1 Å². The first-order chi connectivity index (χ1) is 10.2. The number of aromatic nitrogens is 4. The third-order valence-corrected chi connectivity index (χ3v) is 5.55. The summed E-state index contributed by atoms with van der Waals surface area (Å²) in [5.74, 6) is 4.04. The fourth-order valence-corrected chi connectivity index (χ4v) is 4.57. The second-order valence-corrected chi connectivity index (χ2v) is 7.01. The Kier molecular flexibility index (Phi) is 3.26. The van der Waals surface area contributed by atoms with Gasteiger partial charge in [0.2, 0.25) is 0 Å². The molecule has 1 N–H and O–H groups in total. The number of nitrogens with zero attached hydrogens (tertiary/aromatic N) is 4. The van der Waals surface area contributed by atoms with Crippen molar-refractivity contribution in [1.29, 1.82) is 0 Å². The molecule has 7 heteroatoms. The lowest BCUT2D eigenvalue weighted by molar-refractivity contribution is -0.0628. The highest BCUT2D eigenvalue weighted by atomic mass is 32.2. The van der Waals surface area contributed by atoms with Gasteiger partial charge in [-0.3, -0.25) is 0 Å². The van der Waals surface area contributed by atoms with E-state index in [2.05, 4.69) is 20.6 Å². The molecule has 0 aromatic carbocycles. The summed E-state index contributed by atoms with van der Waals surface area (Å²) < 4.78 is 7.85. The summed E-state index contributed by atoms with van der Waals surface area (Å²) in [6, 6.07) is 4.37. The van der Waals surface area contributed by atoms with Gasteiger partial charge in [-0.15, -0.1) is 15.3 Å². The molecule has 0 bridgehead atoms. The van der Waals surface area contributed by atoms with Gasteiger partial charge in [-0.1, -0.05) is 0 Å². The van der Waals surface area contributed by atoms with Crippen LogP contribution in [0.5, 0.6) is 0 Å². The molecule has 112 valence electrons. The molecule has 2 aliphatic rings. The molecule has 4 heterocycles. The molecule has 0 amide bonds. The Morgan fingerprint density at radius 1 is 1.43 bits per heavy atom. The lowest BCUT2D eigenvalue weighted by Gasteiger charge is -2.38. The number of hydrogen-bond donors (Lipinski definition) is 1. The molecule has 0 unspecified atom stereocenters. The monoisotopic (exact) mass is 305 g/mol. The van der Waals surface area contributed by atoms with Crippen LogP contribution >= 0.6 is 11.8 Å². The molecule has 2 aliphatic heterocycles. The number of rotatable bonds is 2. The van der Waals surface area contributed by atoms with Crippen molar-refractivity contribution < 1.29 is 4.74 Å². The van der Waals surface area contributed by atoms with Crippen molar-refractivity contribution in [2.24, 2.45) is 0 Å². The fourth-order valence-electron chi connectivity index (χ4n) is 3.20. The SMILES string of the molecule is Cc1nnc2ccc(N[C@H]3CCO[C@]4(CCSC4)C3)nn12. The molecule has 0 aliphatic carbocycles. The lowest BCUT2D eigenvalue weighted by atomic mass is 9.90. The van der Waals surface area contributed by atoms with Crippen LogP contribution in [0.25, 0.3) is 5.65 Å². The predicted molar refractivity (Wildman–Crippen MR) is 82.8 cm³/mol. The van der Waals surface area contributed by atoms with Crippen LogP contribution in [-0.2, 0) is 4.74 Å². The second-order valence-electron chi connectivity index (χ2n) is 5.90. The van der Waals surface area contributed by atoms with E-state index >= 15 is 0 Å². The number of anilines is 1. The summed E-state index contributed by atoms with van der Waals surface area (Å²) in [5.41, 5.74) is 0.880. The smallest absolute Gasteiger partial charge is 0.178 e. The number of fused-ring (bicyclic) bond motifs is 1. The summed E-state index contributed by atoms with van der Waals surface area (Å²) in [7, 11) is 0. The molecule has 2 aromatic rings. The third-order valence-electron chi connectivity index (χ3n) is 4.33. The van der Waals surface area contributed by atoms with Gasteiger partial charge in [0.1, 0.15) is 5.82 Å². The van der Waals surface area contributed by atoms with Crippen LogP contribution < -0.4 is 5.32 Å². The van der Waals surface area contributed by atoms with E-state index in [-0.39, 0.29) is 5.60 Å². The highest BCUT2D eigenvalue weighted by molar-refractivity contribution is 7.99. The number of aryl methyl sites for hydroxylation is 1. The highest BCUT2D eigenvalue weighted by Crippen LogP contribution is 2.38. The van der Waals surface area contributed by atoms with E-state index in [4.69, 9.17) is 4.74 Å². The van der Waals surface area contributed by atoms with Crippen molar-refractivity contribution in [3.8, 4) is 0 Å². The van der Waals surface area contributed by atoms with E-state index in [1.807, 2.05) is 30.8 Å². The van der Waals surface area contributed by atoms with Gasteiger partial charge in [-0.05, 0) is 44.1 Å². The Morgan fingerprint density at radius 3 is 3.24 bits per heavy atom. The Bertz CT molecular complexity index is 652. The number of ether oxygens (including phenoxy) is 1. The molecule has 2 aromatic heterocycles. The molecule has 2 fully saturated rings. The van der Waals surface area contributed by atoms with E-state index in [9.17, 15) is 0 Å². The predicted octanol–water partition coefficient (Wildman–Crippen LogP) is 1.90. The van der Waals surface area contributed by atoms with E-state index in [0.717, 1.165) is 42.5 Å². The fraction of sp³-hybridized carbons (Fsp3) is 0.643. The second kappa shape index (κ2) is 5.14. The third kappa shape index (κ3) is 2.48. The zero-order valence-electron chi connectivity index (χ0n) is 12.1. The normalized spacial score (nSPS) is 29.3. The maximum absolute atomic E-state index is 6.06. The largest absolute Gasteiger partial charge is 0.374 e. The first-order valence-corrected chi connectivity index (χ1v) is 8.57. The molecule has 0 radical (unpaired) electrons. The van der Waals surface area contributed by atoms with Crippen LogP contribution in [-0.4, -0.2) is 49.6 Å². The minimum atomic E-state index is 0.0944. The molecule has 2 saturated heterocycles. The van der Waals surface area contributed by atoms with Crippen molar-refractivity contribution in [1.82, 2.24) is 19.8 Å². The van der Waals surface area contributed by atoms with Gasteiger partial charge in [0.25, 0.3) is 0 Å². The maximum atomic E-state index is 6.06. The van der Waals surface area contributed by atoms with Crippen LogP contribution in [0.3, 0.4) is 0 Å². The maximum Gasteiger partial charge on any atom is 0.178 e. The quantitative estimate of drug-likeness (QED) is 0.914. The van der Waals surface area contributed by atoms with Crippen molar-refractivity contribution in [3.63, 3.8) is 0 Å². The first-order valence-electron chi connectivity index (χ1n) is 7.41.